The fraction of sp³-hybridized carbons (Fsp3) is 0.625. The van der Waals surface area contributed by atoms with Crippen LogP contribution in [0.15, 0.2) is 4.52 Å². The van der Waals surface area contributed by atoms with Crippen molar-refractivity contribution in [3.8, 4) is 0 Å². The van der Waals surface area contributed by atoms with Gasteiger partial charge in [0, 0.05) is 31.1 Å². The highest BCUT2D eigenvalue weighted by atomic mass is 16.5. The average Bonchev–Trinajstić information content (AvgIpc) is 2.31. The van der Waals surface area contributed by atoms with Crippen LogP contribution in [0.2, 0.25) is 0 Å². The van der Waals surface area contributed by atoms with E-state index >= 15 is 0 Å². The first-order valence-corrected chi connectivity index (χ1v) is 4.17. The molecule has 0 saturated heterocycles. The van der Waals surface area contributed by atoms with Gasteiger partial charge in [0.2, 0.25) is 0 Å². The molecule has 3 N–H and O–H groups in total. The minimum Gasteiger partial charge on any atom is -0.361 e. The third-order valence-corrected chi connectivity index (χ3v) is 2.22. The molecule has 2 heterocycles. The van der Waals surface area contributed by atoms with Crippen molar-refractivity contribution >= 4 is 0 Å². The predicted molar refractivity (Wildman–Crippen MR) is 44.6 cm³/mol. The van der Waals surface area contributed by atoms with Gasteiger partial charge in [-0.3, -0.25) is 0 Å². The fourth-order valence-electron chi connectivity index (χ4n) is 1.52. The Morgan fingerprint density at radius 3 is 3.33 bits per heavy atom. The molecule has 4 nitrogen and oxygen atoms in total. The summed E-state index contributed by atoms with van der Waals surface area (Å²) >= 11 is 0. The lowest BCUT2D eigenvalue weighted by atomic mass is 10.1. The largest absolute Gasteiger partial charge is 0.361 e. The Hall–Kier alpha value is -0.870. The Morgan fingerprint density at radius 2 is 2.50 bits per heavy atom. The summed E-state index contributed by atoms with van der Waals surface area (Å²) in [7, 11) is 0. The normalized spacial score (nSPS) is 23.3. The summed E-state index contributed by atoms with van der Waals surface area (Å²) in [5.41, 5.74) is 7.97. The molecule has 0 spiro atoms. The zero-order valence-electron chi connectivity index (χ0n) is 7.13. The zero-order valence-corrected chi connectivity index (χ0v) is 7.13. The van der Waals surface area contributed by atoms with Crippen molar-refractivity contribution in [2.75, 3.05) is 6.54 Å². The summed E-state index contributed by atoms with van der Waals surface area (Å²) in [5, 5.41) is 7.16. The Bertz CT molecular complexity index is 282. The van der Waals surface area contributed by atoms with Crippen LogP contribution in [0.4, 0.5) is 0 Å². The van der Waals surface area contributed by atoms with Gasteiger partial charge in [-0.15, -0.1) is 0 Å². The number of nitrogens with two attached hydrogens (primary N) is 1. The first-order valence-electron chi connectivity index (χ1n) is 4.17. The molecule has 0 aliphatic carbocycles. The van der Waals surface area contributed by atoms with E-state index in [1.165, 1.54) is 5.56 Å². The molecule has 0 saturated carbocycles. The van der Waals surface area contributed by atoms with Crippen LogP contribution in [0.25, 0.3) is 0 Å². The molecule has 12 heavy (non-hydrogen) atoms. The van der Waals surface area contributed by atoms with Gasteiger partial charge in [0.15, 0.2) is 0 Å². The molecule has 66 valence electrons. The second-order valence-corrected chi connectivity index (χ2v) is 3.26. The highest BCUT2D eigenvalue weighted by Gasteiger charge is 2.18. The summed E-state index contributed by atoms with van der Waals surface area (Å²) in [5.74, 6) is 0.949. The van der Waals surface area contributed by atoms with Crippen molar-refractivity contribution in [1.29, 1.82) is 0 Å². The standard InChI is InChI=1S/C8H13N3O/c1-5-7-4-10-3-6(9)2-8(7)12-11-5/h6,10H,2-4,9H2,1H3/t6-/m0/s1. The fourth-order valence-corrected chi connectivity index (χ4v) is 1.52. The molecule has 4 heteroatoms. The third kappa shape index (κ3) is 1.23. The highest BCUT2D eigenvalue weighted by Crippen LogP contribution is 2.16. The molecule has 0 bridgehead atoms. The number of aromatic nitrogens is 1. The highest BCUT2D eigenvalue weighted by molar-refractivity contribution is 5.23. The minimum absolute atomic E-state index is 0.151. The van der Waals surface area contributed by atoms with Crippen molar-refractivity contribution in [2.45, 2.75) is 25.9 Å². The number of rotatable bonds is 0. The van der Waals surface area contributed by atoms with Crippen LogP contribution in [0.5, 0.6) is 0 Å². The van der Waals surface area contributed by atoms with Crippen molar-refractivity contribution < 1.29 is 4.52 Å². The SMILES string of the molecule is Cc1noc2c1CNC[C@@H](N)C2. The van der Waals surface area contributed by atoms with E-state index in [4.69, 9.17) is 10.3 Å². The predicted octanol–water partition coefficient (Wildman–Crippen LogP) is -0.0440. The van der Waals surface area contributed by atoms with Crippen LogP contribution in [-0.2, 0) is 13.0 Å². The molecule has 2 rings (SSSR count). The molecular weight excluding hydrogens is 154 g/mol. The van der Waals surface area contributed by atoms with Crippen molar-refractivity contribution in [1.82, 2.24) is 10.5 Å². The number of nitrogens with one attached hydrogen (secondary N) is 1. The molecule has 0 unspecified atom stereocenters. The van der Waals surface area contributed by atoms with E-state index in [2.05, 4.69) is 10.5 Å². The van der Waals surface area contributed by atoms with E-state index in [0.29, 0.717) is 0 Å². The number of hydrogen-bond acceptors (Lipinski definition) is 4. The molecule has 1 aliphatic rings. The summed E-state index contributed by atoms with van der Waals surface area (Å²) < 4.78 is 5.17. The summed E-state index contributed by atoms with van der Waals surface area (Å²) in [6.45, 7) is 3.64. The lowest BCUT2D eigenvalue weighted by Crippen LogP contribution is -2.32. The van der Waals surface area contributed by atoms with Gasteiger partial charge in [-0.1, -0.05) is 5.16 Å². The first kappa shape index (κ1) is 7.76. The van der Waals surface area contributed by atoms with Gasteiger partial charge < -0.3 is 15.6 Å². The molecule has 1 atom stereocenters. The van der Waals surface area contributed by atoms with Crippen LogP contribution in [0.1, 0.15) is 17.0 Å². The topological polar surface area (TPSA) is 64.1 Å². The second kappa shape index (κ2) is 2.88. The number of nitrogens with zero attached hydrogens (tertiary/aromatic N) is 1. The van der Waals surface area contributed by atoms with Gasteiger partial charge in [0.1, 0.15) is 5.76 Å². The van der Waals surface area contributed by atoms with Crippen molar-refractivity contribution in [2.24, 2.45) is 5.73 Å². The summed E-state index contributed by atoms with van der Waals surface area (Å²) in [6, 6.07) is 0.151. The molecular formula is C8H13N3O. The van der Waals surface area contributed by atoms with E-state index in [9.17, 15) is 0 Å². The Labute approximate surface area is 71.1 Å². The molecule has 0 amide bonds. The number of hydrogen-bond donors (Lipinski definition) is 2. The van der Waals surface area contributed by atoms with Crippen LogP contribution in [0, 0.1) is 6.92 Å². The van der Waals surface area contributed by atoms with Gasteiger partial charge in [-0.05, 0) is 6.92 Å². The lowest BCUT2D eigenvalue weighted by molar-refractivity contribution is 0.371. The monoisotopic (exact) mass is 167 g/mol. The summed E-state index contributed by atoms with van der Waals surface area (Å²) in [6.07, 6.45) is 0.795. The Kier molecular flexibility index (Phi) is 1.86. The average molecular weight is 167 g/mol. The lowest BCUT2D eigenvalue weighted by Gasteiger charge is -2.04. The van der Waals surface area contributed by atoms with Gasteiger partial charge in [0.25, 0.3) is 0 Å². The quantitative estimate of drug-likeness (QED) is 0.569. The maximum atomic E-state index is 5.81. The van der Waals surface area contributed by atoms with E-state index in [-0.39, 0.29) is 6.04 Å². The molecule has 1 aliphatic heterocycles. The maximum absolute atomic E-state index is 5.81. The van der Waals surface area contributed by atoms with Gasteiger partial charge in [-0.25, -0.2) is 0 Å². The number of aryl methyl sites for hydroxylation is 1. The third-order valence-electron chi connectivity index (χ3n) is 2.22. The van der Waals surface area contributed by atoms with E-state index < -0.39 is 0 Å². The Balaban J connectivity index is 2.32. The molecule has 0 radical (unpaired) electrons. The second-order valence-electron chi connectivity index (χ2n) is 3.26. The van der Waals surface area contributed by atoms with Crippen molar-refractivity contribution in [3.05, 3.63) is 17.0 Å². The Morgan fingerprint density at radius 1 is 1.67 bits per heavy atom. The van der Waals surface area contributed by atoms with Gasteiger partial charge in [0.05, 0.1) is 5.69 Å². The molecule has 1 aromatic rings. The van der Waals surface area contributed by atoms with Crippen LogP contribution in [-0.4, -0.2) is 17.7 Å². The minimum atomic E-state index is 0.151. The van der Waals surface area contributed by atoms with Gasteiger partial charge in [-0.2, -0.15) is 0 Å². The maximum Gasteiger partial charge on any atom is 0.143 e. The van der Waals surface area contributed by atoms with Crippen LogP contribution >= 0.6 is 0 Å². The van der Waals surface area contributed by atoms with E-state index in [1.54, 1.807) is 0 Å². The molecule has 1 aromatic heterocycles. The smallest absolute Gasteiger partial charge is 0.143 e. The van der Waals surface area contributed by atoms with Crippen molar-refractivity contribution in [3.63, 3.8) is 0 Å². The van der Waals surface area contributed by atoms with Crippen LogP contribution < -0.4 is 11.1 Å². The summed E-state index contributed by atoms with van der Waals surface area (Å²) in [4.78, 5) is 0. The molecule has 0 fully saturated rings. The molecule has 0 aromatic carbocycles. The van der Waals surface area contributed by atoms with E-state index in [1.807, 2.05) is 6.92 Å². The van der Waals surface area contributed by atoms with Crippen LogP contribution in [0.3, 0.4) is 0 Å². The van der Waals surface area contributed by atoms with E-state index in [0.717, 1.165) is 31.0 Å². The number of fused-ring (bicyclic) bond motifs is 1. The van der Waals surface area contributed by atoms with Gasteiger partial charge >= 0.3 is 0 Å². The first-order chi connectivity index (χ1) is 5.77. The zero-order chi connectivity index (χ0) is 8.55.